The van der Waals surface area contributed by atoms with Crippen LogP contribution < -0.4 is 5.84 Å². The van der Waals surface area contributed by atoms with Gasteiger partial charge in [0.1, 0.15) is 11.0 Å². The predicted octanol–water partition coefficient (Wildman–Crippen LogP) is 4.24. The first-order chi connectivity index (χ1) is 13.5. The van der Waals surface area contributed by atoms with Crippen molar-refractivity contribution < 1.29 is 4.39 Å². The predicted molar refractivity (Wildman–Crippen MR) is 108 cm³/mol. The molecular weight excluding hydrogens is 399 g/mol. The quantitative estimate of drug-likeness (QED) is 0.390. The fourth-order valence-corrected chi connectivity index (χ4v) is 4.10. The number of nitrogens with zero attached hydrogens (tertiary/aromatic N) is 5. The lowest BCUT2D eigenvalue weighted by molar-refractivity contribution is 0.628. The molecule has 0 atom stereocenters. The summed E-state index contributed by atoms with van der Waals surface area (Å²) in [6.07, 6.45) is 0. The van der Waals surface area contributed by atoms with Crippen LogP contribution in [-0.4, -0.2) is 24.7 Å². The number of hydrogen-bond donors (Lipinski definition) is 1. The third-order valence-corrected chi connectivity index (χ3v) is 5.59. The van der Waals surface area contributed by atoms with Crippen molar-refractivity contribution in [3.63, 3.8) is 0 Å². The van der Waals surface area contributed by atoms with E-state index in [0.29, 0.717) is 27.5 Å². The van der Waals surface area contributed by atoms with Crippen molar-refractivity contribution in [2.45, 2.75) is 17.8 Å². The van der Waals surface area contributed by atoms with Crippen molar-refractivity contribution >= 4 is 23.4 Å². The molecule has 0 bridgehead atoms. The second-order valence-corrected chi connectivity index (χ2v) is 7.37. The molecule has 0 aliphatic rings. The minimum absolute atomic E-state index is 0.318. The van der Waals surface area contributed by atoms with Gasteiger partial charge in [0.25, 0.3) is 0 Å². The highest BCUT2D eigenvalue weighted by Crippen LogP contribution is 2.30. The van der Waals surface area contributed by atoms with E-state index < -0.39 is 0 Å². The molecule has 0 saturated heterocycles. The molecule has 0 aliphatic heterocycles. The molecule has 0 unspecified atom stereocenters. The Bertz CT molecular complexity index is 1110. The van der Waals surface area contributed by atoms with Crippen LogP contribution in [0.1, 0.15) is 11.3 Å². The van der Waals surface area contributed by atoms with Gasteiger partial charge in [-0.25, -0.2) is 13.7 Å². The molecule has 0 radical (unpaired) electrons. The van der Waals surface area contributed by atoms with Crippen LogP contribution in [0.4, 0.5) is 4.39 Å². The molecule has 2 heterocycles. The van der Waals surface area contributed by atoms with Gasteiger partial charge in [0, 0.05) is 16.9 Å². The minimum atomic E-state index is -0.318. The Balaban J connectivity index is 1.56. The first kappa shape index (κ1) is 18.5. The van der Waals surface area contributed by atoms with E-state index in [1.54, 1.807) is 16.8 Å². The molecule has 4 rings (SSSR count). The molecule has 0 amide bonds. The van der Waals surface area contributed by atoms with Gasteiger partial charge in [0.2, 0.25) is 5.16 Å². The number of aryl methyl sites for hydroxylation is 1. The van der Waals surface area contributed by atoms with E-state index >= 15 is 0 Å². The van der Waals surface area contributed by atoms with Gasteiger partial charge in [0.15, 0.2) is 5.82 Å². The molecule has 0 spiro atoms. The van der Waals surface area contributed by atoms with Gasteiger partial charge in [-0.15, -0.1) is 10.2 Å². The topological polar surface area (TPSA) is 74.5 Å². The van der Waals surface area contributed by atoms with Gasteiger partial charge in [0.05, 0.1) is 11.4 Å². The summed E-state index contributed by atoms with van der Waals surface area (Å²) >= 11 is 7.97. The maximum atomic E-state index is 13.1. The Morgan fingerprint density at radius 1 is 1.07 bits per heavy atom. The maximum absolute atomic E-state index is 13.1. The Labute approximate surface area is 170 Å². The van der Waals surface area contributed by atoms with E-state index in [9.17, 15) is 4.39 Å². The fraction of sp³-hybridized carbons (Fsp3) is 0.105. The summed E-state index contributed by atoms with van der Waals surface area (Å²) < 4.78 is 16.2. The highest BCUT2D eigenvalue weighted by atomic mass is 35.5. The van der Waals surface area contributed by atoms with Crippen LogP contribution in [0.5, 0.6) is 0 Å². The van der Waals surface area contributed by atoms with E-state index in [0.717, 1.165) is 16.9 Å². The largest absolute Gasteiger partial charge is 0.335 e. The first-order valence-corrected chi connectivity index (χ1v) is 9.79. The zero-order chi connectivity index (χ0) is 19.7. The number of nitrogen functional groups attached to an aromatic ring is 1. The Morgan fingerprint density at radius 2 is 1.79 bits per heavy atom. The van der Waals surface area contributed by atoms with Crippen LogP contribution in [0.3, 0.4) is 0 Å². The van der Waals surface area contributed by atoms with Crippen LogP contribution in [-0.2, 0) is 5.75 Å². The third-order valence-electron chi connectivity index (χ3n) is 4.24. The molecule has 0 aliphatic carbocycles. The fourth-order valence-electron chi connectivity index (χ4n) is 2.74. The van der Waals surface area contributed by atoms with Crippen LogP contribution in [0.25, 0.3) is 17.1 Å². The summed E-state index contributed by atoms with van der Waals surface area (Å²) in [5, 5.41) is 13.9. The van der Waals surface area contributed by atoms with Gasteiger partial charge in [-0.05, 0) is 43.3 Å². The van der Waals surface area contributed by atoms with Crippen molar-refractivity contribution in [2.24, 2.45) is 0 Å². The van der Waals surface area contributed by atoms with Gasteiger partial charge in [-0.1, -0.05) is 41.6 Å². The molecule has 142 valence electrons. The van der Waals surface area contributed by atoms with Gasteiger partial charge in [-0.2, -0.15) is 5.10 Å². The summed E-state index contributed by atoms with van der Waals surface area (Å²) in [7, 11) is 0. The van der Waals surface area contributed by atoms with E-state index in [1.165, 1.54) is 28.6 Å². The number of nitrogens with two attached hydrogens (primary N) is 1. The zero-order valence-corrected chi connectivity index (χ0v) is 16.5. The molecule has 9 heteroatoms. The van der Waals surface area contributed by atoms with Gasteiger partial charge >= 0.3 is 0 Å². The SMILES string of the molecule is Cc1nn(-c2ccccc2)c(Cl)c1CSc1nnc(-c2ccc(F)cc2)n1N. The zero-order valence-electron chi connectivity index (χ0n) is 14.9. The molecule has 4 aromatic rings. The molecule has 0 saturated carbocycles. The third kappa shape index (κ3) is 3.48. The normalized spacial score (nSPS) is 11.1. The second kappa shape index (κ2) is 7.65. The maximum Gasteiger partial charge on any atom is 0.210 e. The molecular formula is C19H16ClFN6S. The van der Waals surface area contributed by atoms with E-state index in [-0.39, 0.29) is 5.82 Å². The lowest BCUT2D eigenvalue weighted by atomic mass is 10.2. The molecule has 6 nitrogen and oxygen atoms in total. The number of thioether (sulfide) groups is 1. The molecule has 0 fully saturated rings. The van der Waals surface area contributed by atoms with Crippen LogP contribution in [0, 0.1) is 12.7 Å². The van der Waals surface area contributed by atoms with Crippen molar-refractivity contribution in [2.75, 3.05) is 5.84 Å². The molecule has 2 aromatic carbocycles. The van der Waals surface area contributed by atoms with E-state index in [4.69, 9.17) is 17.4 Å². The standard InChI is InChI=1S/C19H16ClFN6S/c1-12-16(17(20)27(25-12)15-5-3-2-4-6-15)11-28-19-24-23-18(26(19)22)13-7-9-14(21)10-8-13/h2-10H,11,22H2,1H3. The van der Waals surface area contributed by atoms with Crippen molar-refractivity contribution in [3.8, 4) is 17.1 Å². The highest BCUT2D eigenvalue weighted by molar-refractivity contribution is 7.98. The Kier molecular flexibility index (Phi) is 5.06. The average Bonchev–Trinajstić information content (AvgIpc) is 3.21. The van der Waals surface area contributed by atoms with Crippen LogP contribution in [0.2, 0.25) is 5.15 Å². The lowest BCUT2D eigenvalue weighted by Gasteiger charge is -2.05. The molecule has 2 N–H and O–H groups in total. The van der Waals surface area contributed by atoms with E-state index in [1.807, 2.05) is 37.3 Å². The van der Waals surface area contributed by atoms with Crippen molar-refractivity contribution in [3.05, 3.63) is 76.8 Å². The second-order valence-electron chi connectivity index (χ2n) is 6.07. The number of benzene rings is 2. The van der Waals surface area contributed by atoms with Crippen molar-refractivity contribution in [1.29, 1.82) is 0 Å². The van der Waals surface area contributed by atoms with E-state index in [2.05, 4.69) is 15.3 Å². The monoisotopic (exact) mass is 414 g/mol. The number of hydrogen-bond acceptors (Lipinski definition) is 5. The summed E-state index contributed by atoms with van der Waals surface area (Å²) in [6.45, 7) is 1.92. The Morgan fingerprint density at radius 3 is 2.50 bits per heavy atom. The highest BCUT2D eigenvalue weighted by Gasteiger charge is 2.17. The molecule has 2 aromatic heterocycles. The summed E-state index contributed by atoms with van der Waals surface area (Å²) in [5.74, 6) is 6.82. The summed E-state index contributed by atoms with van der Waals surface area (Å²) in [6, 6.07) is 15.6. The van der Waals surface area contributed by atoms with Gasteiger partial charge < -0.3 is 5.84 Å². The summed E-state index contributed by atoms with van der Waals surface area (Å²) in [4.78, 5) is 0. The smallest absolute Gasteiger partial charge is 0.210 e. The van der Waals surface area contributed by atoms with Gasteiger partial charge in [-0.3, -0.25) is 0 Å². The van der Waals surface area contributed by atoms with Crippen molar-refractivity contribution in [1.82, 2.24) is 24.7 Å². The Hall–Kier alpha value is -2.84. The number of rotatable bonds is 5. The number of aromatic nitrogens is 5. The van der Waals surface area contributed by atoms with Crippen LogP contribution in [0.15, 0.2) is 59.8 Å². The average molecular weight is 415 g/mol. The lowest BCUT2D eigenvalue weighted by Crippen LogP contribution is -2.11. The number of para-hydroxylation sites is 1. The minimum Gasteiger partial charge on any atom is -0.335 e. The summed E-state index contributed by atoms with van der Waals surface area (Å²) in [5.41, 5.74) is 3.33. The first-order valence-electron chi connectivity index (χ1n) is 8.43. The molecule has 28 heavy (non-hydrogen) atoms. The number of halogens is 2. The van der Waals surface area contributed by atoms with Crippen LogP contribution >= 0.6 is 23.4 Å².